The van der Waals surface area contributed by atoms with Crippen molar-refractivity contribution >= 4 is 11.8 Å². The molecule has 0 aliphatic heterocycles. The van der Waals surface area contributed by atoms with E-state index >= 15 is 0 Å². The monoisotopic (exact) mass is 249 g/mol. The molecule has 0 spiro atoms. The fourth-order valence-electron chi connectivity index (χ4n) is 2.16. The second kappa shape index (κ2) is 5.33. The first-order chi connectivity index (χ1) is 8.58. The molecule has 98 valence electrons. The third kappa shape index (κ3) is 2.78. The van der Waals surface area contributed by atoms with Crippen LogP contribution >= 0.6 is 0 Å². The molecule has 0 unspecified atom stereocenters. The van der Waals surface area contributed by atoms with Crippen molar-refractivity contribution in [1.29, 1.82) is 0 Å². The number of carbonyl (C=O) groups is 1. The Labute approximate surface area is 107 Å². The van der Waals surface area contributed by atoms with Crippen molar-refractivity contribution in [2.24, 2.45) is 5.92 Å². The van der Waals surface area contributed by atoms with Crippen LogP contribution in [0.25, 0.3) is 0 Å². The van der Waals surface area contributed by atoms with Crippen LogP contribution in [0.1, 0.15) is 41.9 Å². The average Bonchev–Trinajstić information content (AvgIpc) is 2.26. The minimum Gasteiger partial charge on any atom is -0.477 e. The van der Waals surface area contributed by atoms with E-state index in [0.29, 0.717) is 11.6 Å². The number of nitrogens with zero attached hydrogens (tertiary/aromatic N) is 3. The molecule has 1 aromatic rings. The number of carboxylic acid groups (broad SMARTS) is 1. The van der Waals surface area contributed by atoms with Crippen LogP contribution in [0.3, 0.4) is 0 Å². The Morgan fingerprint density at radius 1 is 1.56 bits per heavy atom. The molecule has 0 radical (unpaired) electrons. The Morgan fingerprint density at radius 3 is 2.83 bits per heavy atom. The molecule has 0 saturated heterocycles. The maximum absolute atomic E-state index is 11.1. The second-order valence-corrected chi connectivity index (χ2v) is 4.97. The lowest BCUT2D eigenvalue weighted by Gasteiger charge is -2.28. The summed E-state index contributed by atoms with van der Waals surface area (Å²) in [5.41, 5.74) is 0.178. The number of rotatable bonds is 5. The van der Waals surface area contributed by atoms with Gasteiger partial charge in [0.05, 0.1) is 0 Å². The predicted octanol–water partition coefficient (Wildman–Crippen LogP) is 2.11. The fraction of sp³-hybridized carbons (Fsp3) is 0.615. The number of aryl methyl sites for hydroxylation is 1. The molecule has 1 fully saturated rings. The highest BCUT2D eigenvalue weighted by atomic mass is 16.4. The van der Waals surface area contributed by atoms with Crippen LogP contribution in [0, 0.1) is 12.8 Å². The van der Waals surface area contributed by atoms with Gasteiger partial charge in [-0.05, 0) is 19.3 Å². The number of hydrogen-bond acceptors (Lipinski definition) is 4. The Kier molecular flexibility index (Phi) is 3.79. The summed E-state index contributed by atoms with van der Waals surface area (Å²) in [6.07, 6.45) is 6.45. The number of aromatic carboxylic acids is 1. The molecule has 18 heavy (non-hydrogen) atoms. The summed E-state index contributed by atoms with van der Waals surface area (Å²) in [6.45, 7) is 2.62. The van der Waals surface area contributed by atoms with Crippen LogP contribution in [0.15, 0.2) is 6.20 Å². The number of anilines is 1. The molecule has 2 rings (SSSR count). The summed E-state index contributed by atoms with van der Waals surface area (Å²) in [6, 6.07) is 0. The van der Waals surface area contributed by atoms with Gasteiger partial charge in [-0.25, -0.2) is 14.8 Å². The lowest BCUT2D eigenvalue weighted by Crippen LogP contribution is -2.26. The SMILES string of the molecule is Cc1ncc(C(=O)O)c(N(C)CCC2CCC2)n1. The predicted molar refractivity (Wildman–Crippen MR) is 69.0 cm³/mol. The average molecular weight is 249 g/mol. The fourth-order valence-corrected chi connectivity index (χ4v) is 2.16. The molecule has 1 aliphatic rings. The molecule has 0 bridgehead atoms. The van der Waals surface area contributed by atoms with Crippen molar-refractivity contribution < 1.29 is 9.90 Å². The molecule has 1 heterocycles. The lowest BCUT2D eigenvalue weighted by molar-refractivity contribution is 0.0696. The largest absolute Gasteiger partial charge is 0.477 e. The first kappa shape index (κ1) is 12.8. The smallest absolute Gasteiger partial charge is 0.341 e. The van der Waals surface area contributed by atoms with Gasteiger partial charge in [0.25, 0.3) is 0 Å². The topological polar surface area (TPSA) is 66.3 Å². The molecule has 0 atom stereocenters. The molecular weight excluding hydrogens is 230 g/mol. The minimum atomic E-state index is -0.972. The van der Waals surface area contributed by atoms with Crippen LogP contribution in [-0.4, -0.2) is 34.6 Å². The Bertz CT molecular complexity index is 444. The molecule has 5 heteroatoms. The van der Waals surface area contributed by atoms with E-state index in [9.17, 15) is 4.79 Å². The van der Waals surface area contributed by atoms with E-state index in [1.54, 1.807) is 6.92 Å². The molecular formula is C13H19N3O2. The van der Waals surface area contributed by atoms with Crippen LogP contribution in [0.4, 0.5) is 5.82 Å². The van der Waals surface area contributed by atoms with Crippen molar-refractivity contribution in [3.63, 3.8) is 0 Å². The van der Waals surface area contributed by atoms with Gasteiger partial charge in [0.15, 0.2) is 0 Å². The van der Waals surface area contributed by atoms with Gasteiger partial charge < -0.3 is 10.0 Å². The number of carboxylic acids is 1. The third-order valence-corrected chi connectivity index (χ3v) is 3.58. The van der Waals surface area contributed by atoms with Crippen LogP contribution in [-0.2, 0) is 0 Å². The number of hydrogen-bond donors (Lipinski definition) is 1. The van der Waals surface area contributed by atoms with Crippen molar-refractivity contribution in [3.05, 3.63) is 17.6 Å². The van der Waals surface area contributed by atoms with E-state index in [-0.39, 0.29) is 5.56 Å². The third-order valence-electron chi connectivity index (χ3n) is 3.58. The first-order valence-corrected chi connectivity index (χ1v) is 6.36. The molecule has 5 nitrogen and oxygen atoms in total. The highest BCUT2D eigenvalue weighted by Gasteiger charge is 2.20. The standard InChI is InChI=1S/C13H19N3O2/c1-9-14-8-11(13(17)18)12(15-9)16(2)7-6-10-4-3-5-10/h8,10H,3-7H2,1-2H3,(H,17,18). The van der Waals surface area contributed by atoms with E-state index in [1.165, 1.54) is 25.5 Å². The van der Waals surface area contributed by atoms with Gasteiger partial charge in [0.2, 0.25) is 0 Å². The van der Waals surface area contributed by atoms with E-state index in [1.807, 2.05) is 11.9 Å². The molecule has 1 aliphatic carbocycles. The van der Waals surface area contributed by atoms with E-state index in [0.717, 1.165) is 18.9 Å². The van der Waals surface area contributed by atoms with Gasteiger partial charge in [-0.2, -0.15) is 0 Å². The van der Waals surface area contributed by atoms with E-state index in [4.69, 9.17) is 5.11 Å². The normalized spacial score (nSPS) is 15.2. The zero-order valence-electron chi connectivity index (χ0n) is 10.9. The summed E-state index contributed by atoms with van der Waals surface area (Å²) < 4.78 is 0. The molecule has 1 aromatic heterocycles. The Hall–Kier alpha value is -1.65. The molecule has 1 N–H and O–H groups in total. The van der Waals surface area contributed by atoms with Gasteiger partial charge in [-0.3, -0.25) is 0 Å². The van der Waals surface area contributed by atoms with Gasteiger partial charge >= 0.3 is 5.97 Å². The van der Waals surface area contributed by atoms with Crippen molar-refractivity contribution in [1.82, 2.24) is 9.97 Å². The van der Waals surface area contributed by atoms with Crippen LogP contribution < -0.4 is 4.90 Å². The highest BCUT2D eigenvalue weighted by Crippen LogP contribution is 2.30. The zero-order valence-corrected chi connectivity index (χ0v) is 10.9. The van der Waals surface area contributed by atoms with E-state index in [2.05, 4.69) is 9.97 Å². The first-order valence-electron chi connectivity index (χ1n) is 6.36. The summed E-state index contributed by atoms with van der Waals surface area (Å²) in [5, 5.41) is 9.13. The number of aromatic nitrogens is 2. The van der Waals surface area contributed by atoms with Crippen molar-refractivity contribution in [2.75, 3.05) is 18.5 Å². The summed E-state index contributed by atoms with van der Waals surface area (Å²) in [5.74, 6) is 0.962. The maximum Gasteiger partial charge on any atom is 0.341 e. The maximum atomic E-state index is 11.1. The molecule has 0 amide bonds. The molecule has 0 aromatic carbocycles. The van der Waals surface area contributed by atoms with Crippen molar-refractivity contribution in [3.8, 4) is 0 Å². The van der Waals surface area contributed by atoms with E-state index < -0.39 is 5.97 Å². The summed E-state index contributed by atoms with van der Waals surface area (Å²) in [4.78, 5) is 21.3. The van der Waals surface area contributed by atoms with Crippen LogP contribution in [0.2, 0.25) is 0 Å². The Morgan fingerprint density at radius 2 is 2.28 bits per heavy atom. The lowest BCUT2D eigenvalue weighted by atomic mass is 9.83. The second-order valence-electron chi connectivity index (χ2n) is 4.97. The highest BCUT2D eigenvalue weighted by molar-refractivity contribution is 5.92. The van der Waals surface area contributed by atoms with Gasteiger partial charge in [0, 0.05) is 19.8 Å². The van der Waals surface area contributed by atoms with Crippen molar-refractivity contribution in [2.45, 2.75) is 32.6 Å². The zero-order chi connectivity index (χ0) is 13.1. The molecule has 1 saturated carbocycles. The quantitative estimate of drug-likeness (QED) is 0.865. The minimum absolute atomic E-state index is 0.178. The summed E-state index contributed by atoms with van der Waals surface area (Å²) in [7, 11) is 1.90. The Balaban J connectivity index is 2.09. The van der Waals surface area contributed by atoms with Gasteiger partial charge in [0.1, 0.15) is 17.2 Å². The van der Waals surface area contributed by atoms with Gasteiger partial charge in [-0.15, -0.1) is 0 Å². The van der Waals surface area contributed by atoms with Gasteiger partial charge in [-0.1, -0.05) is 19.3 Å². The summed E-state index contributed by atoms with van der Waals surface area (Å²) >= 11 is 0. The van der Waals surface area contributed by atoms with Crippen LogP contribution in [0.5, 0.6) is 0 Å².